The van der Waals surface area contributed by atoms with Crippen LogP contribution in [-0.4, -0.2) is 31.2 Å². The second kappa shape index (κ2) is 4.15. The van der Waals surface area contributed by atoms with Gasteiger partial charge < -0.3 is 10.2 Å². The molecule has 2 rings (SSSR count). The lowest BCUT2D eigenvalue weighted by Gasteiger charge is -2.30. The van der Waals surface area contributed by atoms with Gasteiger partial charge in [-0.25, -0.2) is 4.98 Å². The standard InChI is InChI=1S/C10H14ClN3/c1-8-9(2-3-10(11)13-8)14-6-4-12-5-7-14/h2-3,12H,4-7H2,1H3. The highest BCUT2D eigenvalue weighted by Crippen LogP contribution is 2.20. The third-order valence-electron chi connectivity index (χ3n) is 2.48. The van der Waals surface area contributed by atoms with E-state index in [1.54, 1.807) is 0 Å². The fourth-order valence-electron chi connectivity index (χ4n) is 1.76. The van der Waals surface area contributed by atoms with Crippen molar-refractivity contribution in [2.45, 2.75) is 6.92 Å². The Hall–Kier alpha value is -0.800. The van der Waals surface area contributed by atoms with Crippen LogP contribution in [0.3, 0.4) is 0 Å². The van der Waals surface area contributed by atoms with Crippen LogP contribution >= 0.6 is 11.6 Å². The van der Waals surface area contributed by atoms with E-state index in [4.69, 9.17) is 11.6 Å². The molecule has 1 aliphatic heterocycles. The number of hydrogen-bond donors (Lipinski definition) is 1. The molecule has 76 valence electrons. The quantitative estimate of drug-likeness (QED) is 0.713. The number of hydrogen-bond acceptors (Lipinski definition) is 3. The predicted molar refractivity (Wildman–Crippen MR) is 59.1 cm³/mol. The van der Waals surface area contributed by atoms with Crippen molar-refractivity contribution in [1.82, 2.24) is 10.3 Å². The summed E-state index contributed by atoms with van der Waals surface area (Å²) in [6.45, 7) is 6.18. The molecule has 0 aliphatic carbocycles. The zero-order valence-electron chi connectivity index (χ0n) is 8.26. The van der Waals surface area contributed by atoms with Gasteiger partial charge in [-0.3, -0.25) is 0 Å². The minimum Gasteiger partial charge on any atom is -0.368 e. The molecule has 0 saturated carbocycles. The molecule has 4 heteroatoms. The van der Waals surface area contributed by atoms with Crippen LogP contribution in [0.25, 0.3) is 0 Å². The molecule has 1 aliphatic rings. The topological polar surface area (TPSA) is 28.2 Å². The summed E-state index contributed by atoms with van der Waals surface area (Å²) >= 11 is 5.81. The Morgan fingerprint density at radius 2 is 2.07 bits per heavy atom. The number of nitrogens with zero attached hydrogens (tertiary/aromatic N) is 2. The van der Waals surface area contributed by atoms with Crippen molar-refractivity contribution in [3.63, 3.8) is 0 Å². The number of rotatable bonds is 1. The minimum atomic E-state index is 0.571. The number of halogens is 1. The highest BCUT2D eigenvalue weighted by molar-refractivity contribution is 6.29. The van der Waals surface area contributed by atoms with Crippen molar-refractivity contribution < 1.29 is 0 Å². The Morgan fingerprint density at radius 3 is 2.71 bits per heavy atom. The van der Waals surface area contributed by atoms with Gasteiger partial charge in [0.05, 0.1) is 11.4 Å². The molecule has 1 N–H and O–H groups in total. The van der Waals surface area contributed by atoms with E-state index < -0.39 is 0 Å². The highest BCUT2D eigenvalue weighted by atomic mass is 35.5. The summed E-state index contributed by atoms with van der Waals surface area (Å²) in [5, 5.41) is 3.90. The smallest absolute Gasteiger partial charge is 0.129 e. The molecule has 0 bridgehead atoms. The van der Waals surface area contributed by atoms with Crippen molar-refractivity contribution in [1.29, 1.82) is 0 Å². The molecule has 14 heavy (non-hydrogen) atoms. The molecular weight excluding hydrogens is 198 g/mol. The second-order valence-corrected chi connectivity index (χ2v) is 3.86. The Kier molecular flexibility index (Phi) is 2.89. The lowest BCUT2D eigenvalue weighted by molar-refractivity contribution is 0.587. The summed E-state index contributed by atoms with van der Waals surface area (Å²) in [6.07, 6.45) is 0. The molecule has 0 radical (unpaired) electrons. The molecule has 2 heterocycles. The maximum atomic E-state index is 5.81. The van der Waals surface area contributed by atoms with Crippen LogP contribution in [0.5, 0.6) is 0 Å². The first-order chi connectivity index (χ1) is 6.77. The largest absolute Gasteiger partial charge is 0.368 e. The van der Waals surface area contributed by atoms with Crippen molar-refractivity contribution >= 4 is 17.3 Å². The third kappa shape index (κ3) is 1.99. The maximum absolute atomic E-state index is 5.81. The molecule has 1 saturated heterocycles. The van der Waals surface area contributed by atoms with Crippen LogP contribution in [0.15, 0.2) is 12.1 Å². The third-order valence-corrected chi connectivity index (χ3v) is 2.69. The first-order valence-electron chi connectivity index (χ1n) is 4.86. The predicted octanol–water partition coefficient (Wildman–Crippen LogP) is 1.45. The lowest BCUT2D eigenvalue weighted by Crippen LogP contribution is -2.43. The molecule has 0 unspecified atom stereocenters. The SMILES string of the molecule is Cc1nc(Cl)ccc1N1CCNCC1. The number of aryl methyl sites for hydroxylation is 1. The van der Waals surface area contributed by atoms with Gasteiger partial charge in [-0.2, -0.15) is 0 Å². The number of aromatic nitrogens is 1. The zero-order chi connectivity index (χ0) is 9.97. The summed E-state index contributed by atoms with van der Waals surface area (Å²) in [7, 11) is 0. The summed E-state index contributed by atoms with van der Waals surface area (Å²) in [4.78, 5) is 6.59. The molecular formula is C10H14ClN3. The van der Waals surface area contributed by atoms with Gasteiger partial charge in [0, 0.05) is 26.2 Å². The van der Waals surface area contributed by atoms with E-state index in [1.165, 1.54) is 5.69 Å². The van der Waals surface area contributed by atoms with Crippen molar-refractivity contribution in [3.05, 3.63) is 23.0 Å². The van der Waals surface area contributed by atoms with Crippen LogP contribution in [0.1, 0.15) is 5.69 Å². The van der Waals surface area contributed by atoms with Crippen LogP contribution in [0, 0.1) is 6.92 Å². The van der Waals surface area contributed by atoms with Crippen LogP contribution < -0.4 is 10.2 Å². The number of piperazine rings is 1. The first-order valence-corrected chi connectivity index (χ1v) is 5.24. The van der Waals surface area contributed by atoms with Gasteiger partial charge in [0.15, 0.2) is 0 Å². The Bertz CT molecular complexity index is 321. The minimum absolute atomic E-state index is 0.571. The molecule has 3 nitrogen and oxygen atoms in total. The summed E-state index contributed by atoms with van der Waals surface area (Å²) in [5.41, 5.74) is 2.22. The van der Waals surface area contributed by atoms with Gasteiger partial charge in [0.2, 0.25) is 0 Å². The molecule has 1 aromatic heterocycles. The van der Waals surface area contributed by atoms with E-state index in [0.29, 0.717) is 5.15 Å². The monoisotopic (exact) mass is 211 g/mol. The van der Waals surface area contributed by atoms with Gasteiger partial charge in [-0.05, 0) is 19.1 Å². The summed E-state index contributed by atoms with van der Waals surface area (Å²) in [6, 6.07) is 3.90. The Morgan fingerprint density at radius 1 is 1.36 bits per heavy atom. The van der Waals surface area contributed by atoms with Crippen LogP contribution in [-0.2, 0) is 0 Å². The lowest BCUT2D eigenvalue weighted by atomic mass is 10.2. The number of nitrogens with one attached hydrogen (secondary N) is 1. The molecule has 1 fully saturated rings. The fraction of sp³-hybridized carbons (Fsp3) is 0.500. The average Bonchev–Trinajstić information content (AvgIpc) is 2.19. The molecule has 1 aromatic rings. The van der Waals surface area contributed by atoms with E-state index in [0.717, 1.165) is 31.9 Å². The van der Waals surface area contributed by atoms with Gasteiger partial charge in [0.1, 0.15) is 5.15 Å². The normalized spacial score (nSPS) is 17.1. The van der Waals surface area contributed by atoms with Gasteiger partial charge in [0.25, 0.3) is 0 Å². The van der Waals surface area contributed by atoms with E-state index in [1.807, 2.05) is 13.0 Å². The van der Waals surface area contributed by atoms with Crippen molar-refractivity contribution in [3.8, 4) is 0 Å². The fourth-order valence-corrected chi connectivity index (χ4v) is 1.95. The van der Waals surface area contributed by atoms with E-state index in [-0.39, 0.29) is 0 Å². The van der Waals surface area contributed by atoms with Crippen LogP contribution in [0.4, 0.5) is 5.69 Å². The average molecular weight is 212 g/mol. The van der Waals surface area contributed by atoms with E-state index in [9.17, 15) is 0 Å². The highest BCUT2D eigenvalue weighted by Gasteiger charge is 2.12. The van der Waals surface area contributed by atoms with Gasteiger partial charge in [-0.15, -0.1) is 0 Å². The molecule has 0 amide bonds. The first kappa shape index (κ1) is 9.74. The van der Waals surface area contributed by atoms with Crippen LogP contribution in [0.2, 0.25) is 5.15 Å². The van der Waals surface area contributed by atoms with E-state index >= 15 is 0 Å². The number of anilines is 1. The van der Waals surface area contributed by atoms with Gasteiger partial charge in [-0.1, -0.05) is 11.6 Å². The molecule has 0 spiro atoms. The molecule has 0 aromatic carbocycles. The zero-order valence-corrected chi connectivity index (χ0v) is 9.01. The van der Waals surface area contributed by atoms with Crippen molar-refractivity contribution in [2.75, 3.05) is 31.1 Å². The Balaban J connectivity index is 2.22. The summed E-state index contributed by atoms with van der Waals surface area (Å²) < 4.78 is 0. The molecule has 0 atom stereocenters. The number of pyridine rings is 1. The summed E-state index contributed by atoms with van der Waals surface area (Å²) in [5.74, 6) is 0. The van der Waals surface area contributed by atoms with Gasteiger partial charge >= 0.3 is 0 Å². The van der Waals surface area contributed by atoms with E-state index in [2.05, 4.69) is 21.3 Å². The second-order valence-electron chi connectivity index (χ2n) is 3.48. The Labute approximate surface area is 89.1 Å². The maximum Gasteiger partial charge on any atom is 0.129 e. The van der Waals surface area contributed by atoms with Crippen molar-refractivity contribution in [2.24, 2.45) is 0 Å².